The van der Waals surface area contributed by atoms with Crippen molar-refractivity contribution in [3.8, 4) is 17.4 Å². The third kappa shape index (κ3) is 1.77. The fourth-order valence-electron chi connectivity index (χ4n) is 1.25. The van der Waals surface area contributed by atoms with Crippen LogP contribution >= 0.6 is 0 Å². The lowest BCUT2D eigenvalue weighted by atomic mass is 10.1. The molecule has 1 heterocycles. The highest BCUT2D eigenvalue weighted by Crippen LogP contribution is 2.21. The van der Waals surface area contributed by atoms with Gasteiger partial charge in [-0.05, 0) is 12.1 Å². The summed E-state index contributed by atoms with van der Waals surface area (Å²) < 4.78 is 4.87. The van der Waals surface area contributed by atoms with Gasteiger partial charge in [0.15, 0.2) is 11.5 Å². The van der Waals surface area contributed by atoms with Crippen LogP contribution in [0.3, 0.4) is 0 Å². The lowest BCUT2D eigenvalue weighted by molar-refractivity contribution is 0.0686. The summed E-state index contributed by atoms with van der Waals surface area (Å²) in [7, 11) is 0. The van der Waals surface area contributed by atoms with Gasteiger partial charge in [0.2, 0.25) is 0 Å². The molecule has 1 N–H and O–H groups in total. The number of nitriles is 1. The highest BCUT2D eigenvalue weighted by Gasteiger charge is 2.12. The molecule has 5 nitrogen and oxygen atoms in total. The Morgan fingerprint density at radius 2 is 2.25 bits per heavy atom. The molecule has 0 aliphatic carbocycles. The first-order chi connectivity index (χ1) is 7.70. The number of aromatic nitrogens is 1. The topological polar surface area (TPSA) is 87.1 Å². The summed E-state index contributed by atoms with van der Waals surface area (Å²) in [5.41, 5.74) is 0.946. The summed E-state index contributed by atoms with van der Waals surface area (Å²) >= 11 is 0. The van der Waals surface area contributed by atoms with Crippen LogP contribution in [0.1, 0.15) is 16.1 Å². The van der Waals surface area contributed by atoms with Gasteiger partial charge < -0.3 is 9.63 Å². The normalized spacial score (nSPS) is 9.69. The predicted octanol–water partition coefficient (Wildman–Crippen LogP) is 1.91. The van der Waals surface area contributed by atoms with Gasteiger partial charge in [-0.15, -0.1) is 0 Å². The third-order valence-corrected chi connectivity index (χ3v) is 2.01. The first kappa shape index (κ1) is 9.93. The molecule has 2 aromatic rings. The Labute approximate surface area is 90.5 Å². The maximum absolute atomic E-state index is 10.6. The maximum Gasteiger partial charge on any atom is 0.358 e. The SMILES string of the molecule is N#Cc1cccc(-c2cc(C(=O)O)no2)c1. The molecule has 0 fully saturated rings. The van der Waals surface area contributed by atoms with E-state index in [0.29, 0.717) is 16.9 Å². The Balaban J connectivity index is 2.43. The van der Waals surface area contributed by atoms with Crippen LogP contribution in [-0.4, -0.2) is 16.2 Å². The average Bonchev–Trinajstić information content (AvgIpc) is 2.78. The van der Waals surface area contributed by atoms with Gasteiger partial charge >= 0.3 is 5.97 Å². The van der Waals surface area contributed by atoms with E-state index in [0.717, 1.165) is 0 Å². The van der Waals surface area contributed by atoms with Gasteiger partial charge in [-0.1, -0.05) is 17.3 Å². The monoisotopic (exact) mass is 214 g/mol. The van der Waals surface area contributed by atoms with E-state index >= 15 is 0 Å². The summed E-state index contributed by atoms with van der Waals surface area (Å²) in [6, 6.07) is 9.97. The zero-order valence-corrected chi connectivity index (χ0v) is 8.04. The second kappa shape index (κ2) is 3.87. The van der Waals surface area contributed by atoms with Crippen molar-refractivity contribution >= 4 is 5.97 Å². The predicted molar refractivity (Wildman–Crippen MR) is 53.6 cm³/mol. The summed E-state index contributed by atoms with van der Waals surface area (Å²) in [5, 5.41) is 20.8. The van der Waals surface area contributed by atoms with Gasteiger partial charge in [0.25, 0.3) is 0 Å². The fourth-order valence-corrected chi connectivity index (χ4v) is 1.25. The Morgan fingerprint density at radius 3 is 2.88 bits per heavy atom. The van der Waals surface area contributed by atoms with Gasteiger partial charge in [0.05, 0.1) is 11.6 Å². The number of rotatable bonds is 2. The number of aromatic carboxylic acids is 1. The molecule has 0 spiro atoms. The Morgan fingerprint density at radius 1 is 1.44 bits per heavy atom. The fraction of sp³-hybridized carbons (Fsp3) is 0. The molecule has 0 aliphatic rings. The molecular weight excluding hydrogens is 208 g/mol. The first-order valence-electron chi connectivity index (χ1n) is 4.41. The van der Waals surface area contributed by atoms with Gasteiger partial charge in [0.1, 0.15) is 0 Å². The van der Waals surface area contributed by atoms with Crippen LogP contribution in [-0.2, 0) is 0 Å². The zero-order chi connectivity index (χ0) is 11.5. The van der Waals surface area contributed by atoms with Crippen molar-refractivity contribution in [1.82, 2.24) is 5.16 Å². The molecule has 2 rings (SSSR count). The van der Waals surface area contributed by atoms with E-state index in [4.69, 9.17) is 14.9 Å². The zero-order valence-electron chi connectivity index (χ0n) is 8.04. The smallest absolute Gasteiger partial charge is 0.358 e. The van der Waals surface area contributed by atoms with Gasteiger partial charge in [-0.3, -0.25) is 0 Å². The minimum Gasteiger partial charge on any atom is -0.476 e. The molecule has 16 heavy (non-hydrogen) atoms. The van der Waals surface area contributed by atoms with Crippen LogP contribution < -0.4 is 0 Å². The molecule has 0 radical (unpaired) electrons. The van der Waals surface area contributed by atoms with E-state index in [1.807, 2.05) is 6.07 Å². The van der Waals surface area contributed by atoms with Crippen molar-refractivity contribution in [2.75, 3.05) is 0 Å². The van der Waals surface area contributed by atoms with Gasteiger partial charge in [0, 0.05) is 11.6 Å². The highest BCUT2D eigenvalue weighted by molar-refractivity contribution is 5.86. The molecular formula is C11H6N2O3. The molecule has 0 saturated heterocycles. The summed E-state index contributed by atoms with van der Waals surface area (Å²) in [4.78, 5) is 10.6. The van der Waals surface area contributed by atoms with Crippen molar-refractivity contribution in [2.24, 2.45) is 0 Å². The van der Waals surface area contributed by atoms with E-state index in [1.165, 1.54) is 6.07 Å². The van der Waals surface area contributed by atoms with Crippen LogP contribution in [0, 0.1) is 11.3 Å². The molecule has 1 aromatic carbocycles. The molecule has 0 amide bonds. The van der Waals surface area contributed by atoms with Crippen LogP contribution in [0.25, 0.3) is 11.3 Å². The first-order valence-corrected chi connectivity index (χ1v) is 4.41. The number of carbonyl (C=O) groups is 1. The Bertz CT molecular complexity index is 581. The van der Waals surface area contributed by atoms with Crippen LogP contribution in [0.5, 0.6) is 0 Å². The molecule has 1 aromatic heterocycles. The average molecular weight is 214 g/mol. The van der Waals surface area contributed by atoms with E-state index in [-0.39, 0.29) is 5.69 Å². The van der Waals surface area contributed by atoms with Crippen LogP contribution in [0.2, 0.25) is 0 Å². The van der Waals surface area contributed by atoms with Crippen LogP contribution in [0.15, 0.2) is 34.9 Å². The molecule has 0 unspecified atom stereocenters. The maximum atomic E-state index is 10.6. The summed E-state index contributed by atoms with van der Waals surface area (Å²) in [6.07, 6.45) is 0. The minimum atomic E-state index is -1.15. The molecule has 5 heteroatoms. The van der Waals surface area contributed by atoms with E-state index in [2.05, 4.69) is 5.16 Å². The van der Waals surface area contributed by atoms with E-state index < -0.39 is 5.97 Å². The number of carboxylic acids is 1. The molecule has 0 atom stereocenters. The van der Waals surface area contributed by atoms with Crippen molar-refractivity contribution in [3.05, 3.63) is 41.6 Å². The lowest BCUT2D eigenvalue weighted by Gasteiger charge is -1.94. The minimum absolute atomic E-state index is 0.155. The number of benzene rings is 1. The molecule has 0 saturated carbocycles. The Hall–Kier alpha value is -2.61. The van der Waals surface area contributed by atoms with Gasteiger partial charge in [-0.2, -0.15) is 5.26 Å². The van der Waals surface area contributed by atoms with Gasteiger partial charge in [-0.25, -0.2) is 4.79 Å². The van der Waals surface area contributed by atoms with E-state index in [1.54, 1.807) is 24.3 Å². The molecule has 0 bridgehead atoms. The number of carboxylic acid groups (broad SMARTS) is 1. The Kier molecular flexibility index (Phi) is 2.40. The number of hydrogen-bond acceptors (Lipinski definition) is 4. The lowest BCUT2D eigenvalue weighted by Crippen LogP contribution is -1.94. The number of hydrogen-bond donors (Lipinski definition) is 1. The molecule has 0 aliphatic heterocycles. The van der Waals surface area contributed by atoms with Crippen molar-refractivity contribution < 1.29 is 14.4 Å². The number of nitrogens with zero attached hydrogens (tertiary/aromatic N) is 2. The van der Waals surface area contributed by atoms with Crippen LogP contribution in [0.4, 0.5) is 0 Å². The van der Waals surface area contributed by atoms with Crippen molar-refractivity contribution in [3.63, 3.8) is 0 Å². The summed E-state index contributed by atoms with van der Waals surface area (Å²) in [5.74, 6) is -0.819. The summed E-state index contributed by atoms with van der Waals surface area (Å²) in [6.45, 7) is 0. The highest BCUT2D eigenvalue weighted by atomic mass is 16.5. The molecule has 78 valence electrons. The second-order valence-electron chi connectivity index (χ2n) is 3.07. The largest absolute Gasteiger partial charge is 0.476 e. The second-order valence-corrected chi connectivity index (χ2v) is 3.07. The van der Waals surface area contributed by atoms with Crippen molar-refractivity contribution in [2.45, 2.75) is 0 Å². The van der Waals surface area contributed by atoms with Crippen molar-refractivity contribution in [1.29, 1.82) is 5.26 Å². The standard InChI is InChI=1S/C11H6N2O3/c12-6-7-2-1-3-8(4-7)10-5-9(11(14)15)13-16-10/h1-5H,(H,14,15). The van der Waals surface area contributed by atoms with E-state index in [9.17, 15) is 4.79 Å². The third-order valence-electron chi connectivity index (χ3n) is 2.01. The quantitative estimate of drug-likeness (QED) is 0.824.